The average molecular weight is 281 g/mol. The van der Waals surface area contributed by atoms with Crippen LogP contribution in [0.3, 0.4) is 0 Å². The smallest absolute Gasteiger partial charge is 0.312 e. The third-order valence-electron chi connectivity index (χ3n) is 2.99. The molecule has 1 aromatic heterocycles. The van der Waals surface area contributed by atoms with Crippen LogP contribution < -0.4 is 11.1 Å². The molecule has 0 aliphatic heterocycles. The van der Waals surface area contributed by atoms with Gasteiger partial charge in [0.05, 0.1) is 16.4 Å². The van der Waals surface area contributed by atoms with E-state index in [0.717, 1.165) is 22.4 Å². The fourth-order valence-electron chi connectivity index (χ4n) is 2.20. The van der Waals surface area contributed by atoms with Crippen LogP contribution in [-0.2, 0) is 6.54 Å². The molecule has 2 aromatic rings. The number of hydrogen-bond acceptors (Lipinski definition) is 2. The molecule has 2 amide bonds. The number of aryl methyl sites for hydroxylation is 1. The number of benzene rings is 1. The van der Waals surface area contributed by atoms with Gasteiger partial charge in [0.2, 0.25) is 0 Å². The lowest BCUT2D eigenvalue weighted by atomic mass is 10.2. The summed E-state index contributed by atoms with van der Waals surface area (Å²) >= 11 is 6.18. The van der Waals surface area contributed by atoms with Crippen LogP contribution >= 0.6 is 11.6 Å². The van der Waals surface area contributed by atoms with E-state index >= 15 is 0 Å². The normalized spacial score (nSPS) is 12.6. The van der Waals surface area contributed by atoms with Crippen LogP contribution in [0.15, 0.2) is 18.2 Å². The maximum atomic E-state index is 10.7. The summed E-state index contributed by atoms with van der Waals surface area (Å²) in [5.74, 6) is 0.803. The summed E-state index contributed by atoms with van der Waals surface area (Å²) in [6.07, 6.45) is 0. The topological polar surface area (TPSA) is 72.9 Å². The van der Waals surface area contributed by atoms with E-state index in [1.165, 1.54) is 0 Å². The molecule has 1 atom stereocenters. The summed E-state index contributed by atoms with van der Waals surface area (Å²) in [5, 5.41) is 2.39. The molecule has 0 saturated heterocycles. The monoisotopic (exact) mass is 280 g/mol. The SMILES string of the molecule is Cc1cccc2nc(C(C)Cl)n(CCNC(N)=O)c12. The standard InChI is InChI=1S/C13H17ClN4O/c1-8-4-3-5-10-11(8)18(7-6-16-13(15)19)12(17-10)9(2)14/h3-5,9H,6-7H2,1-2H3,(H3,15,16,19). The molecule has 0 spiro atoms. The minimum atomic E-state index is -0.526. The molecule has 0 saturated carbocycles. The van der Waals surface area contributed by atoms with E-state index in [2.05, 4.69) is 10.3 Å². The highest BCUT2D eigenvalue weighted by atomic mass is 35.5. The van der Waals surface area contributed by atoms with Crippen molar-refractivity contribution in [1.82, 2.24) is 14.9 Å². The second-order valence-corrected chi connectivity index (χ2v) is 5.13. The molecular formula is C13H17ClN4O. The van der Waals surface area contributed by atoms with E-state index in [4.69, 9.17) is 17.3 Å². The van der Waals surface area contributed by atoms with Crippen LogP contribution in [0, 0.1) is 6.92 Å². The number of carbonyl (C=O) groups excluding carboxylic acids is 1. The van der Waals surface area contributed by atoms with Crippen LogP contribution in [0.25, 0.3) is 11.0 Å². The van der Waals surface area contributed by atoms with E-state index in [0.29, 0.717) is 13.1 Å². The quantitative estimate of drug-likeness (QED) is 0.844. The van der Waals surface area contributed by atoms with Gasteiger partial charge in [0.25, 0.3) is 0 Å². The molecule has 1 unspecified atom stereocenters. The molecule has 1 heterocycles. The maximum absolute atomic E-state index is 10.7. The van der Waals surface area contributed by atoms with Gasteiger partial charge >= 0.3 is 6.03 Å². The van der Waals surface area contributed by atoms with Gasteiger partial charge in [0.1, 0.15) is 5.82 Å². The first-order chi connectivity index (χ1) is 9.00. The van der Waals surface area contributed by atoms with Crippen molar-refractivity contribution >= 4 is 28.7 Å². The van der Waals surface area contributed by atoms with Crippen LogP contribution in [0.1, 0.15) is 23.7 Å². The minimum Gasteiger partial charge on any atom is -0.352 e. The number of nitrogens with two attached hydrogens (primary N) is 1. The van der Waals surface area contributed by atoms with Gasteiger partial charge in [-0.25, -0.2) is 9.78 Å². The maximum Gasteiger partial charge on any atom is 0.312 e. The van der Waals surface area contributed by atoms with E-state index in [9.17, 15) is 4.79 Å². The van der Waals surface area contributed by atoms with Gasteiger partial charge in [-0.3, -0.25) is 0 Å². The van der Waals surface area contributed by atoms with Crippen molar-refractivity contribution < 1.29 is 4.79 Å². The molecule has 1 aromatic carbocycles. The molecule has 5 nitrogen and oxygen atoms in total. The number of alkyl halides is 1. The van der Waals surface area contributed by atoms with E-state index in [1.54, 1.807) is 0 Å². The fraction of sp³-hybridized carbons (Fsp3) is 0.385. The Kier molecular flexibility index (Phi) is 3.95. The number of amides is 2. The molecule has 3 N–H and O–H groups in total. The summed E-state index contributed by atoms with van der Waals surface area (Å²) in [6, 6.07) is 5.44. The fourth-order valence-corrected chi connectivity index (χ4v) is 2.37. The predicted octanol–water partition coefficient (Wildman–Crippen LogP) is 2.31. The van der Waals surface area contributed by atoms with Gasteiger partial charge < -0.3 is 15.6 Å². The van der Waals surface area contributed by atoms with Gasteiger partial charge in [0, 0.05) is 13.1 Å². The summed E-state index contributed by atoms with van der Waals surface area (Å²) in [4.78, 5) is 15.3. The Morgan fingerprint density at radius 3 is 2.95 bits per heavy atom. The van der Waals surface area contributed by atoms with Crippen molar-refractivity contribution in [3.63, 3.8) is 0 Å². The Hall–Kier alpha value is -1.75. The van der Waals surface area contributed by atoms with Crippen molar-refractivity contribution in [2.24, 2.45) is 5.73 Å². The third-order valence-corrected chi connectivity index (χ3v) is 3.18. The van der Waals surface area contributed by atoms with Gasteiger partial charge in [-0.15, -0.1) is 11.6 Å². The van der Waals surface area contributed by atoms with Crippen molar-refractivity contribution in [2.45, 2.75) is 25.8 Å². The van der Waals surface area contributed by atoms with Gasteiger partial charge in [-0.2, -0.15) is 0 Å². The highest BCUT2D eigenvalue weighted by Gasteiger charge is 2.15. The zero-order chi connectivity index (χ0) is 14.0. The number of nitrogens with one attached hydrogen (secondary N) is 1. The Labute approximate surface area is 116 Å². The van der Waals surface area contributed by atoms with Crippen LogP contribution in [0.5, 0.6) is 0 Å². The molecule has 0 radical (unpaired) electrons. The van der Waals surface area contributed by atoms with Gasteiger partial charge in [-0.1, -0.05) is 12.1 Å². The van der Waals surface area contributed by atoms with Crippen molar-refractivity contribution in [2.75, 3.05) is 6.54 Å². The highest BCUT2D eigenvalue weighted by molar-refractivity contribution is 6.20. The lowest BCUT2D eigenvalue weighted by Gasteiger charge is -2.11. The molecule has 6 heteroatoms. The van der Waals surface area contributed by atoms with Crippen molar-refractivity contribution in [1.29, 1.82) is 0 Å². The predicted molar refractivity (Wildman–Crippen MR) is 76.3 cm³/mol. The first kappa shape index (κ1) is 13.7. The summed E-state index contributed by atoms with van der Waals surface area (Å²) in [5.41, 5.74) is 8.17. The van der Waals surface area contributed by atoms with Crippen LogP contribution in [-0.4, -0.2) is 22.1 Å². The average Bonchev–Trinajstić information content (AvgIpc) is 2.69. The number of urea groups is 1. The summed E-state index contributed by atoms with van der Waals surface area (Å²) < 4.78 is 2.04. The molecule has 102 valence electrons. The van der Waals surface area contributed by atoms with Crippen molar-refractivity contribution in [3.8, 4) is 0 Å². The molecule has 0 fully saturated rings. The Morgan fingerprint density at radius 1 is 1.58 bits per heavy atom. The number of halogens is 1. The molecule has 0 bridgehead atoms. The zero-order valence-corrected chi connectivity index (χ0v) is 11.7. The number of nitrogens with zero attached hydrogens (tertiary/aromatic N) is 2. The lowest BCUT2D eigenvalue weighted by molar-refractivity contribution is 0.248. The number of para-hydroxylation sites is 1. The zero-order valence-electron chi connectivity index (χ0n) is 11.0. The summed E-state index contributed by atoms with van der Waals surface area (Å²) in [6.45, 7) is 4.96. The number of fused-ring (bicyclic) bond motifs is 1. The van der Waals surface area contributed by atoms with E-state index in [-0.39, 0.29) is 5.38 Å². The van der Waals surface area contributed by atoms with Crippen LogP contribution in [0.2, 0.25) is 0 Å². The number of carbonyl (C=O) groups is 1. The highest BCUT2D eigenvalue weighted by Crippen LogP contribution is 2.26. The van der Waals surface area contributed by atoms with E-state index < -0.39 is 6.03 Å². The van der Waals surface area contributed by atoms with Crippen LogP contribution in [0.4, 0.5) is 4.79 Å². The summed E-state index contributed by atoms with van der Waals surface area (Å²) in [7, 11) is 0. The van der Waals surface area contributed by atoms with E-state index in [1.807, 2.05) is 36.6 Å². The number of aromatic nitrogens is 2. The second kappa shape index (κ2) is 5.48. The second-order valence-electron chi connectivity index (χ2n) is 4.47. The largest absolute Gasteiger partial charge is 0.352 e. The first-order valence-electron chi connectivity index (χ1n) is 6.14. The first-order valence-corrected chi connectivity index (χ1v) is 6.57. The van der Waals surface area contributed by atoms with Gasteiger partial charge in [0.15, 0.2) is 0 Å². The molecule has 0 aliphatic rings. The van der Waals surface area contributed by atoms with Gasteiger partial charge in [-0.05, 0) is 25.5 Å². The minimum absolute atomic E-state index is 0.194. The Balaban J connectivity index is 2.42. The Morgan fingerprint density at radius 2 is 2.32 bits per heavy atom. The molecule has 19 heavy (non-hydrogen) atoms. The molecular weight excluding hydrogens is 264 g/mol. The third kappa shape index (κ3) is 2.81. The lowest BCUT2D eigenvalue weighted by Crippen LogP contribution is -2.32. The van der Waals surface area contributed by atoms with Crippen molar-refractivity contribution in [3.05, 3.63) is 29.6 Å². The molecule has 2 rings (SSSR count). The molecule has 0 aliphatic carbocycles. The number of rotatable bonds is 4. The number of hydrogen-bond donors (Lipinski definition) is 2. The Bertz CT molecular complexity index is 606. The number of imidazole rings is 1. The number of primary amides is 1.